The maximum absolute atomic E-state index is 12.7. The van der Waals surface area contributed by atoms with Crippen molar-refractivity contribution < 1.29 is 19.4 Å². The van der Waals surface area contributed by atoms with Crippen LogP contribution in [0.25, 0.3) is 0 Å². The summed E-state index contributed by atoms with van der Waals surface area (Å²) in [6, 6.07) is 1.92. The van der Waals surface area contributed by atoms with Crippen molar-refractivity contribution in [1.29, 1.82) is 0 Å². The molecule has 1 atom stereocenters. The van der Waals surface area contributed by atoms with Gasteiger partial charge in [0.05, 0.1) is 25.2 Å². The number of carboxylic acids is 1. The minimum atomic E-state index is -0.915. The molecule has 1 aromatic heterocycles. The Balaban J connectivity index is 2.11. The smallest absolute Gasteiger partial charge is 0.306 e. The fourth-order valence-corrected chi connectivity index (χ4v) is 2.79. The molecule has 1 saturated heterocycles. The van der Waals surface area contributed by atoms with Crippen LogP contribution in [-0.2, 0) is 9.53 Å². The number of carbonyl (C=O) groups excluding carboxylic acids is 1. The Bertz CT molecular complexity index is 525. The van der Waals surface area contributed by atoms with Crippen molar-refractivity contribution in [3.8, 4) is 0 Å². The van der Waals surface area contributed by atoms with E-state index in [0.29, 0.717) is 25.4 Å². The first-order chi connectivity index (χ1) is 10.6. The van der Waals surface area contributed by atoms with Gasteiger partial charge in [0, 0.05) is 19.3 Å². The van der Waals surface area contributed by atoms with Gasteiger partial charge in [-0.05, 0) is 18.9 Å². The van der Waals surface area contributed by atoms with E-state index in [1.54, 1.807) is 21.8 Å². The first kappa shape index (κ1) is 16.5. The topological polar surface area (TPSA) is 84.7 Å². The second-order valence-corrected chi connectivity index (χ2v) is 5.47. The largest absolute Gasteiger partial charge is 0.481 e. The molecule has 1 aromatic rings. The minimum Gasteiger partial charge on any atom is -0.481 e. The van der Waals surface area contributed by atoms with Crippen LogP contribution < -0.4 is 0 Å². The van der Waals surface area contributed by atoms with Crippen LogP contribution in [0.1, 0.15) is 49.6 Å². The van der Waals surface area contributed by atoms with E-state index < -0.39 is 12.1 Å². The van der Waals surface area contributed by atoms with Gasteiger partial charge < -0.3 is 14.7 Å². The number of carbonyl (C=O) groups is 2. The van der Waals surface area contributed by atoms with E-state index in [1.807, 2.05) is 0 Å². The molecule has 0 aliphatic carbocycles. The Morgan fingerprint density at radius 1 is 1.45 bits per heavy atom. The SMILES string of the molecule is CCC(CC)n1nccc1C(=O)N1CCOC(CC(=O)O)C1. The zero-order valence-corrected chi connectivity index (χ0v) is 13.1. The highest BCUT2D eigenvalue weighted by Gasteiger charge is 2.28. The summed E-state index contributed by atoms with van der Waals surface area (Å²) in [6.45, 7) is 5.29. The lowest BCUT2D eigenvalue weighted by molar-refractivity contribution is -0.141. The molecule has 7 nitrogen and oxygen atoms in total. The van der Waals surface area contributed by atoms with Gasteiger partial charge in [-0.15, -0.1) is 0 Å². The Labute approximate surface area is 129 Å². The normalized spacial score (nSPS) is 18.7. The van der Waals surface area contributed by atoms with E-state index in [1.165, 1.54) is 0 Å². The van der Waals surface area contributed by atoms with Crippen LogP contribution in [0.5, 0.6) is 0 Å². The molecule has 1 N–H and O–H groups in total. The monoisotopic (exact) mass is 309 g/mol. The predicted octanol–water partition coefficient (Wildman–Crippen LogP) is 1.56. The molecule has 0 radical (unpaired) electrons. The number of amides is 1. The number of morpholine rings is 1. The number of aromatic nitrogens is 2. The standard InChI is InChI=1S/C15H23N3O4/c1-3-11(4-2)18-13(5-6-16-18)15(21)17-7-8-22-12(10-17)9-14(19)20/h5-6,11-12H,3-4,7-10H2,1-2H3,(H,19,20). The molecule has 1 aliphatic rings. The van der Waals surface area contributed by atoms with Crippen molar-refractivity contribution >= 4 is 11.9 Å². The number of ether oxygens (including phenoxy) is 1. The minimum absolute atomic E-state index is 0.0877. The zero-order valence-electron chi connectivity index (χ0n) is 13.1. The van der Waals surface area contributed by atoms with Gasteiger partial charge in [-0.3, -0.25) is 14.3 Å². The molecule has 0 saturated carbocycles. The molecule has 0 spiro atoms. The summed E-state index contributed by atoms with van der Waals surface area (Å²) >= 11 is 0. The Hall–Kier alpha value is -1.89. The molecule has 1 unspecified atom stereocenters. The average Bonchev–Trinajstić information content (AvgIpc) is 2.97. The number of aliphatic carboxylic acids is 1. The average molecular weight is 309 g/mol. The summed E-state index contributed by atoms with van der Waals surface area (Å²) in [4.78, 5) is 25.2. The summed E-state index contributed by atoms with van der Waals surface area (Å²) in [5, 5.41) is 13.1. The van der Waals surface area contributed by atoms with Gasteiger partial charge in [0.1, 0.15) is 5.69 Å². The Morgan fingerprint density at radius 3 is 2.82 bits per heavy atom. The van der Waals surface area contributed by atoms with Gasteiger partial charge in [-0.2, -0.15) is 5.10 Å². The molecule has 1 aliphatic heterocycles. The molecule has 1 amide bonds. The molecule has 2 heterocycles. The van der Waals surface area contributed by atoms with E-state index in [9.17, 15) is 9.59 Å². The molecule has 22 heavy (non-hydrogen) atoms. The summed E-state index contributed by atoms with van der Waals surface area (Å²) in [7, 11) is 0. The Kier molecular flexibility index (Phi) is 5.54. The van der Waals surface area contributed by atoms with Gasteiger partial charge in [0.2, 0.25) is 0 Å². The molecule has 1 fully saturated rings. The van der Waals surface area contributed by atoms with E-state index >= 15 is 0 Å². The van der Waals surface area contributed by atoms with Crippen molar-refractivity contribution in [2.45, 2.75) is 45.3 Å². The fraction of sp³-hybridized carbons (Fsp3) is 0.667. The van der Waals surface area contributed by atoms with E-state index in [-0.39, 0.29) is 18.4 Å². The van der Waals surface area contributed by atoms with Crippen molar-refractivity contribution in [2.24, 2.45) is 0 Å². The van der Waals surface area contributed by atoms with Crippen LogP contribution in [0.3, 0.4) is 0 Å². The lowest BCUT2D eigenvalue weighted by atomic mass is 10.1. The van der Waals surface area contributed by atoms with E-state index in [2.05, 4.69) is 18.9 Å². The lowest BCUT2D eigenvalue weighted by Crippen LogP contribution is -2.46. The van der Waals surface area contributed by atoms with Crippen LogP contribution in [0.2, 0.25) is 0 Å². The quantitative estimate of drug-likeness (QED) is 0.862. The van der Waals surface area contributed by atoms with Gasteiger partial charge in [-0.1, -0.05) is 13.8 Å². The van der Waals surface area contributed by atoms with Crippen LogP contribution in [0.4, 0.5) is 0 Å². The van der Waals surface area contributed by atoms with E-state index in [4.69, 9.17) is 9.84 Å². The Morgan fingerprint density at radius 2 is 2.18 bits per heavy atom. The molecule has 122 valence electrons. The maximum atomic E-state index is 12.7. The molecular formula is C15H23N3O4. The van der Waals surface area contributed by atoms with E-state index in [0.717, 1.165) is 12.8 Å². The number of hydrogen-bond donors (Lipinski definition) is 1. The van der Waals surface area contributed by atoms with Crippen LogP contribution >= 0.6 is 0 Å². The molecule has 7 heteroatoms. The van der Waals surface area contributed by atoms with Crippen LogP contribution in [0, 0.1) is 0 Å². The summed E-state index contributed by atoms with van der Waals surface area (Å²) in [5.74, 6) is -1.02. The maximum Gasteiger partial charge on any atom is 0.306 e. The second-order valence-electron chi connectivity index (χ2n) is 5.47. The number of carboxylic acid groups (broad SMARTS) is 1. The highest BCUT2D eigenvalue weighted by Crippen LogP contribution is 2.19. The third-order valence-corrected chi connectivity index (χ3v) is 4.01. The van der Waals surface area contributed by atoms with Crippen molar-refractivity contribution in [3.05, 3.63) is 18.0 Å². The highest BCUT2D eigenvalue weighted by atomic mass is 16.5. The first-order valence-corrected chi connectivity index (χ1v) is 7.73. The second kappa shape index (κ2) is 7.40. The van der Waals surface area contributed by atoms with Gasteiger partial charge >= 0.3 is 5.97 Å². The highest BCUT2D eigenvalue weighted by molar-refractivity contribution is 5.92. The van der Waals surface area contributed by atoms with Crippen molar-refractivity contribution in [1.82, 2.24) is 14.7 Å². The molecule has 0 bridgehead atoms. The van der Waals surface area contributed by atoms with Gasteiger partial charge in [-0.25, -0.2) is 0 Å². The van der Waals surface area contributed by atoms with Crippen LogP contribution in [-0.4, -0.2) is 57.5 Å². The third kappa shape index (κ3) is 3.65. The number of rotatable bonds is 6. The number of nitrogens with zero attached hydrogens (tertiary/aromatic N) is 3. The van der Waals surface area contributed by atoms with Crippen molar-refractivity contribution in [3.63, 3.8) is 0 Å². The molecule has 0 aromatic carbocycles. The van der Waals surface area contributed by atoms with Gasteiger partial charge in [0.15, 0.2) is 0 Å². The molecular weight excluding hydrogens is 286 g/mol. The van der Waals surface area contributed by atoms with Crippen molar-refractivity contribution in [2.75, 3.05) is 19.7 Å². The molecule has 2 rings (SSSR count). The third-order valence-electron chi connectivity index (χ3n) is 4.01. The number of hydrogen-bond acceptors (Lipinski definition) is 4. The summed E-state index contributed by atoms with van der Waals surface area (Å²) in [5.41, 5.74) is 0.560. The van der Waals surface area contributed by atoms with Crippen LogP contribution in [0.15, 0.2) is 12.3 Å². The summed E-state index contributed by atoms with van der Waals surface area (Å²) < 4.78 is 7.19. The fourth-order valence-electron chi connectivity index (χ4n) is 2.79. The summed E-state index contributed by atoms with van der Waals surface area (Å²) in [6.07, 6.45) is 2.92. The first-order valence-electron chi connectivity index (χ1n) is 7.73. The lowest BCUT2D eigenvalue weighted by Gasteiger charge is -2.32. The van der Waals surface area contributed by atoms with Gasteiger partial charge in [0.25, 0.3) is 5.91 Å². The zero-order chi connectivity index (χ0) is 16.1. The predicted molar refractivity (Wildman–Crippen MR) is 79.7 cm³/mol.